The molecule has 1 aromatic carbocycles. The molecule has 152 valence electrons. The molecule has 0 saturated heterocycles. The van der Waals surface area contributed by atoms with Crippen molar-refractivity contribution in [2.75, 3.05) is 11.1 Å². The maximum Gasteiger partial charge on any atom is 0.225 e. The number of amides is 1. The van der Waals surface area contributed by atoms with Crippen LogP contribution in [0.2, 0.25) is 10.0 Å². The van der Waals surface area contributed by atoms with Gasteiger partial charge in [-0.1, -0.05) is 41.0 Å². The van der Waals surface area contributed by atoms with Crippen molar-refractivity contribution in [1.82, 2.24) is 15.2 Å². The molecule has 0 spiro atoms. The van der Waals surface area contributed by atoms with E-state index in [1.54, 1.807) is 55.0 Å². The molecule has 0 fully saturated rings. The maximum atomic E-state index is 12.2. The molecule has 1 N–H and O–H groups in total. The van der Waals surface area contributed by atoms with E-state index < -0.39 is 0 Å². The molecule has 1 amide bonds. The summed E-state index contributed by atoms with van der Waals surface area (Å²) >= 11 is 13.4. The molecule has 0 unspecified atom stereocenters. The van der Waals surface area contributed by atoms with Crippen LogP contribution in [0, 0.1) is 0 Å². The number of halogens is 2. The van der Waals surface area contributed by atoms with Gasteiger partial charge in [0.2, 0.25) is 11.1 Å². The van der Waals surface area contributed by atoms with Crippen LogP contribution in [-0.4, -0.2) is 26.8 Å². The number of benzene rings is 1. The predicted molar refractivity (Wildman–Crippen MR) is 116 cm³/mol. The monoisotopic (exact) mass is 460 g/mol. The second-order valence-electron chi connectivity index (χ2n) is 5.99. The van der Waals surface area contributed by atoms with Crippen LogP contribution in [0.5, 0.6) is 0 Å². The lowest BCUT2D eigenvalue weighted by Crippen LogP contribution is -2.12. The van der Waals surface area contributed by atoms with Crippen LogP contribution in [0.1, 0.15) is 6.42 Å². The first kappa shape index (κ1) is 20.5. The minimum absolute atomic E-state index is 0.196. The fourth-order valence-corrected chi connectivity index (χ4v) is 3.66. The molecule has 0 radical (unpaired) electrons. The molecule has 4 aromatic rings. The Balaban J connectivity index is 1.43. The summed E-state index contributed by atoms with van der Waals surface area (Å²) < 4.78 is 10.9. The number of nitrogens with zero attached hydrogens (tertiary/aromatic N) is 3. The van der Waals surface area contributed by atoms with Crippen molar-refractivity contribution >= 4 is 46.6 Å². The Morgan fingerprint density at radius 2 is 1.70 bits per heavy atom. The molecule has 0 saturated carbocycles. The molecule has 4 rings (SSSR count). The molecular formula is C20H14Cl2N4O3S. The number of furan rings is 2. The molecule has 0 aliphatic carbocycles. The fraction of sp³-hybridized carbons (Fsp3) is 0.100. The third-order valence-corrected chi connectivity index (χ3v) is 5.62. The average molecular weight is 461 g/mol. The van der Waals surface area contributed by atoms with E-state index in [0.29, 0.717) is 49.6 Å². The topological polar surface area (TPSA) is 94.0 Å². The van der Waals surface area contributed by atoms with Crippen LogP contribution in [0.4, 0.5) is 5.69 Å². The SMILES string of the molecule is O=C(CCSc1nnc(-c2ccco2)c(-c2ccco2)n1)Nc1cccc(Cl)c1Cl. The fourth-order valence-electron chi connectivity index (χ4n) is 2.58. The van der Waals surface area contributed by atoms with Crippen LogP contribution < -0.4 is 5.32 Å². The summed E-state index contributed by atoms with van der Waals surface area (Å²) in [4.78, 5) is 16.8. The van der Waals surface area contributed by atoms with Gasteiger partial charge in [0.05, 0.1) is 28.3 Å². The number of aromatic nitrogens is 3. The molecule has 10 heteroatoms. The van der Waals surface area contributed by atoms with E-state index in [-0.39, 0.29) is 12.3 Å². The summed E-state index contributed by atoms with van der Waals surface area (Å²) in [5.74, 6) is 1.34. The van der Waals surface area contributed by atoms with Crippen LogP contribution in [0.15, 0.2) is 69.0 Å². The molecule has 3 aromatic heterocycles. The highest BCUT2D eigenvalue weighted by Crippen LogP contribution is 2.31. The van der Waals surface area contributed by atoms with E-state index in [1.165, 1.54) is 11.8 Å². The number of rotatable bonds is 7. The predicted octanol–water partition coefficient (Wildman–Crippen LogP) is 5.82. The smallest absolute Gasteiger partial charge is 0.225 e. The number of thioether (sulfide) groups is 1. The molecule has 0 aliphatic rings. The van der Waals surface area contributed by atoms with E-state index in [0.717, 1.165) is 0 Å². The lowest BCUT2D eigenvalue weighted by atomic mass is 10.2. The molecule has 3 heterocycles. The van der Waals surface area contributed by atoms with E-state index in [4.69, 9.17) is 32.0 Å². The highest BCUT2D eigenvalue weighted by molar-refractivity contribution is 7.99. The first-order valence-corrected chi connectivity index (χ1v) is 10.5. The number of hydrogen-bond acceptors (Lipinski definition) is 7. The summed E-state index contributed by atoms with van der Waals surface area (Å²) in [7, 11) is 0. The average Bonchev–Trinajstić information content (AvgIpc) is 3.45. The van der Waals surface area contributed by atoms with Gasteiger partial charge in [-0.05, 0) is 36.4 Å². The van der Waals surface area contributed by atoms with Gasteiger partial charge in [0.1, 0.15) is 5.69 Å². The Kier molecular flexibility index (Phi) is 6.37. The Labute approximate surface area is 185 Å². The Hall–Kier alpha value is -2.81. The molecule has 7 nitrogen and oxygen atoms in total. The highest BCUT2D eigenvalue weighted by atomic mass is 35.5. The van der Waals surface area contributed by atoms with Crippen molar-refractivity contribution in [3.63, 3.8) is 0 Å². The molecule has 0 atom stereocenters. The summed E-state index contributed by atoms with van der Waals surface area (Å²) in [5.41, 5.74) is 1.47. The zero-order valence-corrected chi connectivity index (χ0v) is 17.7. The zero-order valence-electron chi connectivity index (χ0n) is 15.3. The standard InChI is InChI=1S/C20H14Cl2N4O3S/c21-12-4-1-5-13(17(12)22)23-16(27)8-11-30-20-24-18(14-6-2-9-28-14)19(25-26-20)15-7-3-10-29-15/h1-7,9-10H,8,11H2,(H,23,27). The largest absolute Gasteiger partial charge is 0.463 e. The minimum atomic E-state index is -0.196. The van der Waals surface area contributed by atoms with Crippen molar-refractivity contribution < 1.29 is 13.6 Å². The Bertz CT molecular complexity index is 1150. The quantitative estimate of drug-likeness (QED) is 0.347. The lowest BCUT2D eigenvalue weighted by molar-refractivity contribution is -0.115. The molecule has 0 aliphatic heterocycles. The van der Waals surface area contributed by atoms with E-state index >= 15 is 0 Å². The van der Waals surface area contributed by atoms with Gasteiger partial charge >= 0.3 is 0 Å². The summed E-state index contributed by atoms with van der Waals surface area (Å²) in [6, 6.07) is 12.1. The van der Waals surface area contributed by atoms with Crippen molar-refractivity contribution in [3.05, 3.63) is 65.0 Å². The lowest BCUT2D eigenvalue weighted by Gasteiger charge is -2.08. The number of carbonyl (C=O) groups excluding carboxylic acids is 1. The zero-order chi connectivity index (χ0) is 20.9. The first-order chi connectivity index (χ1) is 14.6. The van der Waals surface area contributed by atoms with Gasteiger partial charge in [-0.2, -0.15) is 0 Å². The second-order valence-corrected chi connectivity index (χ2v) is 7.84. The molecule has 0 bridgehead atoms. The molecule has 30 heavy (non-hydrogen) atoms. The molecular weight excluding hydrogens is 447 g/mol. The first-order valence-electron chi connectivity index (χ1n) is 8.81. The van der Waals surface area contributed by atoms with Crippen molar-refractivity contribution in [1.29, 1.82) is 0 Å². The number of hydrogen-bond donors (Lipinski definition) is 1. The Morgan fingerprint density at radius 1 is 0.967 bits per heavy atom. The summed E-state index contributed by atoms with van der Waals surface area (Å²) in [6.07, 6.45) is 3.34. The maximum absolute atomic E-state index is 12.2. The number of nitrogens with one attached hydrogen (secondary N) is 1. The normalized spacial score (nSPS) is 10.9. The highest BCUT2D eigenvalue weighted by Gasteiger charge is 2.18. The van der Waals surface area contributed by atoms with Crippen LogP contribution in [0.25, 0.3) is 22.9 Å². The van der Waals surface area contributed by atoms with Crippen LogP contribution in [0.3, 0.4) is 0 Å². The second kappa shape index (κ2) is 9.34. The third kappa shape index (κ3) is 4.67. The third-order valence-electron chi connectivity index (χ3n) is 3.96. The summed E-state index contributed by atoms with van der Waals surface area (Å²) in [5, 5.41) is 12.2. The van der Waals surface area contributed by atoms with Gasteiger partial charge in [0, 0.05) is 12.2 Å². The van der Waals surface area contributed by atoms with E-state index in [9.17, 15) is 4.79 Å². The van der Waals surface area contributed by atoms with E-state index in [1.807, 2.05) is 0 Å². The van der Waals surface area contributed by atoms with Gasteiger partial charge in [-0.25, -0.2) is 4.98 Å². The van der Waals surface area contributed by atoms with Gasteiger partial charge in [-0.15, -0.1) is 10.2 Å². The Morgan fingerprint density at radius 3 is 2.40 bits per heavy atom. The van der Waals surface area contributed by atoms with Gasteiger partial charge in [0.25, 0.3) is 0 Å². The number of anilines is 1. The van der Waals surface area contributed by atoms with Gasteiger partial charge < -0.3 is 14.2 Å². The van der Waals surface area contributed by atoms with Crippen molar-refractivity contribution in [2.24, 2.45) is 0 Å². The van der Waals surface area contributed by atoms with Gasteiger partial charge in [0.15, 0.2) is 17.2 Å². The van der Waals surface area contributed by atoms with Crippen LogP contribution >= 0.6 is 35.0 Å². The minimum Gasteiger partial charge on any atom is -0.463 e. The summed E-state index contributed by atoms with van der Waals surface area (Å²) in [6.45, 7) is 0. The van der Waals surface area contributed by atoms with Crippen molar-refractivity contribution in [2.45, 2.75) is 11.6 Å². The van der Waals surface area contributed by atoms with Gasteiger partial charge in [-0.3, -0.25) is 4.79 Å². The number of carbonyl (C=O) groups is 1. The van der Waals surface area contributed by atoms with E-state index in [2.05, 4.69) is 20.5 Å². The van der Waals surface area contributed by atoms with Crippen LogP contribution in [-0.2, 0) is 4.79 Å². The van der Waals surface area contributed by atoms with Crippen molar-refractivity contribution in [3.8, 4) is 22.9 Å².